The van der Waals surface area contributed by atoms with Crippen molar-refractivity contribution in [3.05, 3.63) is 36.2 Å². The summed E-state index contributed by atoms with van der Waals surface area (Å²) in [6, 6.07) is 6.21. The van der Waals surface area contributed by atoms with Crippen LogP contribution in [0.3, 0.4) is 0 Å². The molecule has 0 bridgehead atoms. The summed E-state index contributed by atoms with van der Waals surface area (Å²) in [5, 5.41) is 7.95. The number of aromatic nitrogens is 2. The molecule has 1 N–H and O–H groups in total. The maximum Gasteiger partial charge on any atom is 0.0706 e. The van der Waals surface area contributed by atoms with Crippen molar-refractivity contribution in [2.75, 3.05) is 6.54 Å². The van der Waals surface area contributed by atoms with Crippen molar-refractivity contribution in [3.8, 4) is 0 Å². The van der Waals surface area contributed by atoms with E-state index in [4.69, 9.17) is 0 Å². The molecule has 2 aromatic heterocycles. The molecule has 1 aliphatic rings. The van der Waals surface area contributed by atoms with Gasteiger partial charge in [-0.3, -0.25) is 0 Å². The smallest absolute Gasteiger partial charge is 0.0706 e. The van der Waals surface area contributed by atoms with Gasteiger partial charge in [0, 0.05) is 18.3 Å². The molecular weight excluding hydrogens is 222 g/mol. The highest BCUT2D eigenvalue weighted by atomic mass is 15.2. The van der Waals surface area contributed by atoms with Crippen LogP contribution >= 0.6 is 0 Å². The molecule has 1 aliphatic carbocycles. The van der Waals surface area contributed by atoms with E-state index < -0.39 is 0 Å². The van der Waals surface area contributed by atoms with E-state index in [0.29, 0.717) is 0 Å². The van der Waals surface area contributed by atoms with Crippen LogP contribution in [0.1, 0.15) is 31.7 Å². The number of hydrogen-bond donors (Lipinski definition) is 1. The Morgan fingerprint density at radius 2 is 2.33 bits per heavy atom. The normalized spacial score (nSPS) is 23.8. The van der Waals surface area contributed by atoms with Crippen LogP contribution in [-0.2, 0) is 6.54 Å². The summed E-state index contributed by atoms with van der Waals surface area (Å²) in [7, 11) is 0. The number of nitrogens with zero attached hydrogens (tertiary/aromatic N) is 2. The van der Waals surface area contributed by atoms with E-state index in [1.54, 1.807) is 0 Å². The van der Waals surface area contributed by atoms with E-state index >= 15 is 0 Å². The minimum atomic E-state index is 0.877. The Bertz CT molecular complexity index is 517. The Balaban J connectivity index is 1.57. The van der Waals surface area contributed by atoms with Crippen molar-refractivity contribution < 1.29 is 0 Å². The maximum atomic E-state index is 4.36. The topological polar surface area (TPSA) is 29.3 Å². The molecule has 3 nitrogen and oxygen atoms in total. The molecule has 3 heteroatoms. The molecule has 2 atom stereocenters. The van der Waals surface area contributed by atoms with Crippen LogP contribution in [0, 0.1) is 11.8 Å². The van der Waals surface area contributed by atoms with Crippen molar-refractivity contribution in [1.29, 1.82) is 0 Å². The van der Waals surface area contributed by atoms with Crippen LogP contribution < -0.4 is 5.32 Å². The second-order valence-electron chi connectivity index (χ2n) is 5.62. The fraction of sp³-hybridized carbons (Fsp3) is 0.533. The van der Waals surface area contributed by atoms with Crippen molar-refractivity contribution in [3.63, 3.8) is 0 Å². The first-order chi connectivity index (χ1) is 8.83. The Hall–Kier alpha value is -1.35. The lowest BCUT2D eigenvalue weighted by Gasteiger charge is -2.10. The lowest BCUT2D eigenvalue weighted by molar-refractivity contribution is 0.471. The third-order valence-electron chi connectivity index (χ3n) is 4.06. The zero-order valence-electron chi connectivity index (χ0n) is 11.0. The SMILES string of the molecule is CC1CCC(CNCc2cnn3ccccc23)C1. The average Bonchev–Trinajstić information content (AvgIpc) is 2.97. The highest BCUT2D eigenvalue weighted by molar-refractivity contribution is 5.53. The molecule has 0 aliphatic heterocycles. The van der Waals surface area contributed by atoms with Crippen LogP contribution in [0.15, 0.2) is 30.6 Å². The fourth-order valence-corrected chi connectivity index (χ4v) is 3.04. The molecule has 1 saturated carbocycles. The minimum absolute atomic E-state index is 0.877. The van der Waals surface area contributed by atoms with Crippen molar-refractivity contribution in [2.45, 2.75) is 32.7 Å². The molecule has 18 heavy (non-hydrogen) atoms. The number of fused-ring (bicyclic) bond motifs is 1. The van der Waals surface area contributed by atoms with E-state index in [1.807, 2.05) is 23.0 Å². The van der Waals surface area contributed by atoms with Crippen molar-refractivity contribution in [2.24, 2.45) is 11.8 Å². The molecule has 0 spiro atoms. The van der Waals surface area contributed by atoms with E-state index in [0.717, 1.165) is 24.9 Å². The summed E-state index contributed by atoms with van der Waals surface area (Å²) in [5.74, 6) is 1.80. The molecule has 2 aromatic rings. The molecular formula is C15H21N3. The molecule has 3 rings (SSSR count). The number of nitrogens with one attached hydrogen (secondary N) is 1. The van der Waals surface area contributed by atoms with Gasteiger partial charge in [-0.15, -0.1) is 0 Å². The Morgan fingerprint density at radius 3 is 3.17 bits per heavy atom. The van der Waals surface area contributed by atoms with E-state index in [9.17, 15) is 0 Å². The third-order valence-corrected chi connectivity index (χ3v) is 4.06. The molecule has 0 radical (unpaired) electrons. The quantitative estimate of drug-likeness (QED) is 0.894. The van der Waals surface area contributed by atoms with Gasteiger partial charge in [0.25, 0.3) is 0 Å². The van der Waals surface area contributed by atoms with Gasteiger partial charge in [-0.25, -0.2) is 4.52 Å². The summed E-state index contributed by atoms with van der Waals surface area (Å²) >= 11 is 0. The Kier molecular flexibility index (Phi) is 3.33. The van der Waals surface area contributed by atoms with Gasteiger partial charge in [-0.1, -0.05) is 19.4 Å². The molecule has 1 fully saturated rings. The lowest BCUT2D eigenvalue weighted by atomic mass is 10.1. The fourth-order valence-electron chi connectivity index (χ4n) is 3.04. The van der Waals surface area contributed by atoms with Crippen molar-refractivity contribution in [1.82, 2.24) is 14.9 Å². The first-order valence-electron chi connectivity index (χ1n) is 6.95. The van der Waals surface area contributed by atoms with Gasteiger partial charge >= 0.3 is 0 Å². The molecule has 0 saturated heterocycles. The summed E-state index contributed by atoms with van der Waals surface area (Å²) in [4.78, 5) is 0. The minimum Gasteiger partial charge on any atom is -0.312 e. The summed E-state index contributed by atoms with van der Waals surface area (Å²) in [6.07, 6.45) is 8.16. The number of pyridine rings is 1. The maximum absolute atomic E-state index is 4.36. The molecule has 2 heterocycles. The highest BCUT2D eigenvalue weighted by Crippen LogP contribution is 2.29. The van der Waals surface area contributed by atoms with Gasteiger partial charge in [0.05, 0.1) is 11.7 Å². The van der Waals surface area contributed by atoms with E-state index in [-0.39, 0.29) is 0 Å². The number of hydrogen-bond acceptors (Lipinski definition) is 2. The monoisotopic (exact) mass is 243 g/mol. The highest BCUT2D eigenvalue weighted by Gasteiger charge is 2.20. The van der Waals surface area contributed by atoms with E-state index in [1.165, 1.54) is 30.3 Å². The van der Waals surface area contributed by atoms with Crippen LogP contribution in [0.4, 0.5) is 0 Å². The van der Waals surface area contributed by atoms with E-state index in [2.05, 4.69) is 29.5 Å². The average molecular weight is 243 g/mol. The summed E-state index contributed by atoms with van der Waals surface area (Å²) in [5.41, 5.74) is 2.51. The van der Waals surface area contributed by atoms with Crippen LogP contribution in [0.2, 0.25) is 0 Å². The largest absolute Gasteiger partial charge is 0.312 e. The molecule has 2 unspecified atom stereocenters. The summed E-state index contributed by atoms with van der Waals surface area (Å²) in [6.45, 7) is 4.44. The second kappa shape index (κ2) is 5.11. The lowest BCUT2D eigenvalue weighted by Crippen LogP contribution is -2.20. The predicted molar refractivity (Wildman–Crippen MR) is 73.4 cm³/mol. The third kappa shape index (κ3) is 2.41. The Morgan fingerprint density at radius 1 is 1.39 bits per heavy atom. The Labute approximate surface area is 108 Å². The predicted octanol–water partition coefficient (Wildman–Crippen LogP) is 2.86. The van der Waals surface area contributed by atoms with Gasteiger partial charge in [-0.2, -0.15) is 5.10 Å². The first kappa shape index (κ1) is 11.7. The first-order valence-corrected chi connectivity index (χ1v) is 6.95. The standard InChI is InChI=1S/C15H21N3/c1-12-5-6-13(8-12)9-16-10-14-11-17-18-7-3-2-4-15(14)18/h2-4,7,11-13,16H,5-6,8-10H2,1H3. The zero-order chi connectivity index (χ0) is 12.4. The molecule has 0 aromatic carbocycles. The number of rotatable bonds is 4. The van der Waals surface area contributed by atoms with Gasteiger partial charge in [0.2, 0.25) is 0 Å². The van der Waals surface area contributed by atoms with Gasteiger partial charge in [0.1, 0.15) is 0 Å². The summed E-state index contributed by atoms with van der Waals surface area (Å²) < 4.78 is 1.94. The van der Waals surface area contributed by atoms with Crippen molar-refractivity contribution >= 4 is 5.52 Å². The molecule has 0 amide bonds. The van der Waals surface area contributed by atoms with Gasteiger partial charge in [-0.05, 0) is 43.4 Å². The van der Waals surface area contributed by atoms with Crippen LogP contribution in [0.25, 0.3) is 5.52 Å². The van der Waals surface area contributed by atoms with Crippen LogP contribution in [-0.4, -0.2) is 16.2 Å². The second-order valence-corrected chi connectivity index (χ2v) is 5.62. The zero-order valence-corrected chi connectivity index (χ0v) is 11.0. The molecule has 96 valence electrons. The van der Waals surface area contributed by atoms with Crippen LogP contribution in [0.5, 0.6) is 0 Å². The van der Waals surface area contributed by atoms with Gasteiger partial charge in [0.15, 0.2) is 0 Å². The van der Waals surface area contributed by atoms with Gasteiger partial charge < -0.3 is 5.32 Å².